The molecule has 1 aromatic rings. The number of rotatable bonds is 2. The summed E-state index contributed by atoms with van der Waals surface area (Å²) in [5.41, 5.74) is 10.4. The summed E-state index contributed by atoms with van der Waals surface area (Å²) in [6.45, 7) is 0. The number of anilines is 1. The zero-order valence-corrected chi connectivity index (χ0v) is 8.34. The highest BCUT2D eigenvalue weighted by atomic mass is 32.1. The van der Waals surface area contributed by atoms with Gasteiger partial charge in [0.2, 0.25) is 0 Å². The van der Waals surface area contributed by atoms with Crippen LogP contribution >= 0.6 is 12.6 Å². The first-order chi connectivity index (χ1) is 6.49. The van der Waals surface area contributed by atoms with E-state index in [9.17, 15) is 9.90 Å². The summed E-state index contributed by atoms with van der Waals surface area (Å²) in [4.78, 5) is 11.2. The Bertz CT molecular complexity index is 393. The summed E-state index contributed by atoms with van der Waals surface area (Å²) < 4.78 is 4.88. The summed E-state index contributed by atoms with van der Waals surface area (Å²) in [7, 11) is 1.37. The van der Waals surface area contributed by atoms with E-state index in [0.717, 1.165) is 0 Å². The molecule has 1 amide bonds. The van der Waals surface area contributed by atoms with Crippen LogP contribution in [0.25, 0.3) is 0 Å². The third kappa shape index (κ3) is 1.56. The second-order valence-electron chi connectivity index (χ2n) is 2.60. The topological polar surface area (TPSA) is 98.6 Å². The minimum Gasteiger partial charge on any atom is -0.505 e. The van der Waals surface area contributed by atoms with E-state index >= 15 is 0 Å². The molecule has 0 saturated carbocycles. The lowest BCUT2D eigenvalue weighted by molar-refractivity contribution is 0.0998. The second-order valence-corrected chi connectivity index (χ2v) is 3.08. The van der Waals surface area contributed by atoms with Crippen molar-refractivity contribution in [3.8, 4) is 11.5 Å². The highest BCUT2D eigenvalue weighted by Gasteiger charge is 2.18. The molecule has 0 spiro atoms. The SMILES string of the molecule is COc1cc(S)c(O)c(N)c1C(N)=O. The summed E-state index contributed by atoms with van der Waals surface area (Å²) in [6, 6.07) is 1.37. The molecule has 0 unspecified atom stereocenters. The molecule has 0 aliphatic carbocycles. The number of phenolic OH excluding ortho intramolecular Hbond substituents is 1. The highest BCUT2D eigenvalue weighted by Crippen LogP contribution is 2.37. The van der Waals surface area contributed by atoms with Crippen LogP contribution in [-0.2, 0) is 0 Å². The molecule has 0 bridgehead atoms. The molecule has 0 heterocycles. The Labute approximate surface area is 86.1 Å². The van der Waals surface area contributed by atoms with Gasteiger partial charge < -0.3 is 21.3 Å². The van der Waals surface area contributed by atoms with Crippen LogP contribution in [0.1, 0.15) is 10.4 Å². The van der Waals surface area contributed by atoms with Crippen LogP contribution in [0.3, 0.4) is 0 Å². The van der Waals surface area contributed by atoms with Crippen molar-refractivity contribution in [3.05, 3.63) is 11.6 Å². The van der Waals surface area contributed by atoms with E-state index in [1.54, 1.807) is 0 Å². The molecule has 6 heteroatoms. The summed E-state index contributed by atoms with van der Waals surface area (Å²) in [5, 5.41) is 9.39. The number of carbonyl (C=O) groups is 1. The molecular weight excluding hydrogens is 204 g/mol. The lowest BCUT2D eigenvalue weighted by Gasteiger charge is -2.11. The summed E-state index contributed by atoms with van der Waals surface area (Å²) in [5.74, 6) is -0.844. The lowest BCUT2D eigenvalue weighted by atomic mass is 10.1. The van der Waals surface area contributed by atoms with Crippen LogP contribution in [0.2, 0.25) is 0 Å². The Morgan fingerprint density at radius 3 is 2.64 bits per heavy atom. The van der Waals surface area contributed by atoms with Crippen molar-refractivity contribution in [2.45, 2.75) is 4.90 Å². The second kappa shape index (κ2) is 3.67. The quantitative estimate of drug-likeness (QED) is 0.325. The normalized spacial score (nSPS) is 9.86. The number of methoxy groups -OCH3 is 1. The average molecular weight is 214 g/mol. The van der Waals surface area contributed by atoms with Crippen LogP contribution in [0.15, 0.2) is 11.0 Å². The van der Waals surface area contributed by atoms with E-state index < -0.39 is 5.91 Å². The van der Waals surface area contributed by atoms with E-state index in [0.29, 0.717) is 0 Å². The number of benzene rings is 1. The first-order valence-corrected chi connectivity index (χ1v) is 4.12. The first kappa shape index (κ1) is 10.5. The van der Waals surface area contributed by atoms with Crippen molar-refractivity contribution in [2.24, 2.45) is 5.73 Å². The number of thiol groups is 1. The molecule has 1 rings (SSSR count). The number of nitrogens with two attached hydrogens (primary N) is 2. The summed E-state index contributed by atoms with van der Waals surface area (Å²) >= 11 is 3.94. The van der Waals surface area contributed by atoms with Crippen molar-refractivity contribution in [2.75, 3.05) is 12.8 Å². The highest BCUT2D eigenvalue weighted by molar-refractivity contribution is 7.80. The fraction of sp³-hybridized carbons (Fsp3) is 0.125. The van der Waals surface area contributed by atoms with Gasteiger partial charge >= 0.3 is 0 Å². The van der Waals surface area contributed by atoms with Gasteiger partial charge in [0.25, 0.3) is 5.91 Å². The largest absolute Gasteiger partial charge is 0.505 e. The Morgan fingerprint density at radius 1 is 1.64 bits per heavy atom. The van der Waals surface area contributed by atoms with Gasteiger partial charge in [-0.3, -0.25) is 4.79 Å². The van der Waals surface area contributed by atoms with Crippen LogP contribution in [0, 0.1) is 0 Å². The molecule has 76 valence electrons. The van der Waals surface area contributed by atoms with Gasteiger partial charge in [-0.1, -0.05) is 0 Å². The molecule has 0 aliphatic heterocycles. The number of carbonyl (C=O) groups excluding carboxylic acids is 1. The number of primary amides is 1. The van der Waals surface area contributed by atoms with Gasteiger partial charge in [-0.25, -0.2) is 0 Å². The molecule has 0 aromatic heterocycles. The van der Waals surface area contributed by atoms with E-state index in [1.807, 2.05) is 0 Å². The minimum absolute atomic E-state index is 0.0391. The zero-order chi connectivity index (χ0) is 10.9. The number of nitrogen functional groups attached to an aromatic ring is 1. The molecule has 5 N–H and O–H groups in total. The number of amides is 1. The maximum Gasteiger partial charge on any atom is 0.254 e. The van der Waals surface area contributed by atoms with Gasteiger partial charge in [-0.05, 0) is 6.07 Å². The molecule has 0 saturated heterocycles. The Balaban J connectivity index is 3.53. The Morgan fingerprint density at radius 2 is 2.21 bits per heavy atom. The smallest absolute Gasteiger partial charge is 0.254 e. The molecule has 5 nitrogen and oxygen atoms in total. The minimum atomic E-state index is -0.761. The van der Waals surface area contributed by atoms with E-state index in [1.165, 1.54) is 13.2 Å². The monoisotopic (exact) mass is 214 g/mol. The fourth-order valence-corrected chi connectivity index (χ4v) is 1.31. The number of aromatic hydroxyl groups is 1. The Kier molecular flexibility index (Phi) is 2.76. The van der Waals surface area contributed by atoms with E-state index in [-0.39, 0.29) is 27.6 Å². The maximum absolute atomic E-state index is 11.0. The first-order valence-electron chi connectivity index (χ1n) is 3.67. The number of phenols is 1. The van der Waals surface area contributed by atoms with Crippen molar-refractivity contribution >= 4 is 24.2 Å². The summed E-state index contributed by atoms with van der Waals surface area (Å²) in [6.07, 6.45) is 0. The molecule has 0 atom stereocenters. The van der Waals surface area contributed by atoms with Crippen LogP contribution in [-0.4, -0.2) is 18.1 Å². The molecule has 1 aromatic carbocycles. The lowest BCUT2D eigenvalue weighted by Crippen LogP contribution is -2.15. The molecular formula is C8H10N2O3S. The molecule has 0 aliphatic rings. The van der Waals surface area contributed by atoms with E-state index in [4.69, 9.17) is 16.2 Å². The molecule has 0 radical (unpaired) electrons. The number of hydrogen-bond donors (Lipinski definition) is 4. The van der Waals surface area contributed by atoms with Gasteiger partial charge in [0, 0.05) is 0 Å². The molecule has 0 fully saturated rings. The average Bonchev–Trinajstić information content (AvgIpc) is 2.12. The van der Waals surface area contributed by atoms with Crippen molar-refractivity contribution < 1.29 is 14.6 Å². The van der Waals surface area contributed by atoms with Crippen molar-refractivity contribution in [3.63, 3.8) is 0 Å². The van der Waals surface area contributed by atoms with Crippen LogP contribution in [0.5, 0.6) is 11.5 Å². The van der Waals surface area contributed by atoms with Crippen LogP contribution in [0.4, 0.5) is 5.69 Å². The van der Waals surface area contributed by atoms with Gasteiger partial charge in [-0.15, -0.1) is 12.6 Å². The fourth-order valence-electron chi connectivity index (χ4n) is 1.07. The standard InChI is InChI=1S/C8H10N2O3S/c1-13-3-2-4(14)7(11)6(9)5(3)8(10)12/h2,11,14H,9H2,1H3,(H2,10,12). The van der Waals surface area contributed by atoms with Crippen molar-refractivity contribution in [1.82, 2.24) is 0 Å². The van der Waals surface area contributed by atoms with Gasteiger partial charge in [0.05, 0.1) is 17.7 Å². The predicted octanol–water partition coefficient (Wildman–Crippen LogP) is 0.371. The maximum atomic E-state index is 11.0. The van der Waals surface area contributed by atoms with Gasteiger partial charge in [0.15, 0.2) is 5.75 Å². The number of hydrogen-bond acceptors (Lipinski definition) is 5. The Hall–Kier alpha value is -1.56. The van der Waals surface area contributed by atoms with Gasteiger partial charge in [-0.2, -0.15) is 0 Å². The predicted molar refractivity (Wildman–Crippen MR) is 54.8 cm³/mol. The third-order valence-corrected chi connectivity index (χ3v) is 2.09. The van der Waals surface area contributed by atoms with Crippen molar-refractivity contribution in [1.29, 1.82) is 0 Å². The van der Waals surface area contributed by atoms with Crippen LogP contribution < -0.4 is 16.2 Å². The molecule has 14 heavy (non-hydrogen) atoms. The third-order valence-electron chi connectivity index (χ3n) is 1.75. The zero-order valence-electron chi connectivity index (χ0n) is 7.44. The number of ether oxygens (including phenoxy) is 1. The van der Waals surface area contributed by atoms with Gasteiger partial charge in [0.1, 0.15) is 11.3 Å². The van der Waals surface area contributed by atoms with E-state index in [2.05, 4.69) is 12.6 Å².